The van der Waals surface area contributed by atoms with Crippen molar-refractivity contribution >= 4 is 54.5 Å². The predicted molar refractivity (Wildman–Crippen MR) is 145 cm³/mol. The minimum Gasteiger partial charge on any atom is -0.341 e. The van der Waals surface area contributed by atoms with E-state index in [-0.39, 0.29) is 0 Å². The number of H-pyrrole nitrogens is 2. The molecule has 0 aliphatic rings. The Kier molecular flexibility index (Phi) is 4.25. The van der Waals surface area contributed by atoms with E-state index in [4.69, 9.17) is 15.0 Å². The van der Waals surface area contributed by atoms with Crippen LogP contribution in [0.3, 0.4) is 0 Å². The molecule has 0 aliphatic heterocycles. The van der Waals surface area contributed by atoms with Crippen LogP contribution < -0.4 is 0 Å². The number of pyridine rings is 1. The summed E-state index contributed by atoms with van der Waals surface area (Å²) in [7, 11) is 0. The highest BCUT2D eigenvalue weighted by Crippen LogP contribution is 2.36. The summed E-state index contributed by atoms with van der Waals surface area (Å²) in [6, 6.07) is 21.8. The Balaban J connectivity index is 1.45. The summed E-state index contributed by atoms with van der Waals surface area (Å²) in [5, 5.41) is 5.79. The van der Waals surface area contributed by atoms with Crippen molar-refractivity contribution in [2.45, 2.75) is 33.1 Å². The number of aryl methyl sites for hydroxylation is 1. The summed E-state index contributed by atoms with van der Waals surface area (Å²) < 4.78 is 0. The number of benzene rings is 4. The standard InChI is InChI=1S/C30H25N5/c1-4-25-33-28-21-11-8-18(15-23(21)26-22(29(28)34-25)6-5-13-31-26)17-7-10-20-19(14-17)9-12-24-27(20)35-30(32-24)16(2)3/h5-16H,4H2,1-3H3,(H,32,35)(H,33,34). The van der Waals surface area contributed by atoms with Gasteiger partial charge in [-0.05, 0) is 46.8 Å². The van der Waals surface area contributed by atoms with Crippen LogP contribution >= 0.6 is 0 Å². The average molecular weight is 456 g/mol. The Morgan fingerprint density at radius 3 is 2.40 bits per heavy atom. The fraction of sp³-hybridized carbons (Fsp3) is 0.167. The van der Waals surface area contributed by atoms with Gasteiger partial charge in [0, 0.05) is 40.1 Å². The molecule has 7 aromatic rings. The van der Waals surface area contributed by atoms with Gasteiger partial charge in [0.1, 0.15) is 11.6 Å². The fourth-order valence-electron chi connectivity index (χ4n) is 5.21. The Hall–Kier alpha value is -4.25. The highest BCUT2D eigenvalue weighted by atomic mass is 14.9. The van der Waals surface area contributed by atoms with Gasteiger partial charge in [-0.2, -0.15) is 0 Å². The minimum absolute atomic E-state index is 0.368. The molecule has 0 aliphatic carbocycles. The van der Waals surface area contributed by atoms with Crippen LogP contribution in [0.2, 0.25) is 0 Å². The maximum absolute atomic E-state index is 4.86. The third-order valence-corrected chi connectivity index (χ3v) is 7.07. The maximum Gasteiger partial charge on any atom is 0.109 e. The molecule has 0 unspecified atom stereocenters. The molecule has 5 heteroatoms. The van der Waals surface area contributed by atoms with Crippen molar-refractivity contribution in [1.29, 1.82) is 0 Å². The molecule has 0 radical (unpaired) electrons. The largest absolute Gasteiger partial charge is 0.341 e. The summed E-state index contributed by atoms with van der Waals surface area (Å²) in [5.41, 5.74) is 7.57. The molecule has 0 spiro atoms. The lowest BCUT2D eigenvalue weighted by atomic mass is 9.96. The van der Waals surface area contributed by atoms with Crippen molar-refractivity contribution in [2.24, 2.45) is 0 Å². The fourth-order valence-corrected chi connectivity index (χ4v) is 5.21. The first-order valence-corrected chi connectivity index (χ1v) is 12.2. The van der Waals surface area contributed by atoms with Gasteiger partial charge in [-0.3, -0.25) is 4.98 Å². The van der Waals surface area contributed by atoms with Gasteiger partial charge < -0.3 is 9.97 Å². The van der Waals surface area contributed by atoms with Gasteiger partial charge in [0.15, 0.2) is 0 Å². The van der Waals surface area contributed by atoms with Gasteiger partial charge in [0.05, 0.1) is 27.6 Å². The molecule has 4 aromatic carbocycles. The lowest BCUT2D eigenvalue weighted by molar-refractivity contribution is 0.799. The molecule has 3 aromatic heterocycles. The van der Waals surface area contributed by atoms with E-state index in [1.165, 1.54) is 21.9 Å². The monoisotopic (exact) mass is 455 g/mol. The van der Waals surface area contributed by atoms with Crippen LogP contribution in [-0.2, 0) is 6.42 Å². The Bertz CT molecular complexity index is 1920. The number of aromatic nitrogens is 5. The van der Waals surface area contributed by atoms with E-state index >= 15 is 0 Å². The summed E-state index contributed by atoms with van der Waals surface area (Å²) in [4.78, 5) is 21.5. The Morgan fingerprint density at radius 1 is 0.743 bits per heavy atom. The van der Waals surface area contributed by atoms with Gasteiger partial charge >= 0.3 is 0 Å². The molecular weight excluding hydrogens is 430 g/mol. The minimum atomic E-state index is 0.368. The third-order valence-electron chi connectivity index (χ3n) is 7.07. The molecular formula is C30H25N5. The molecule has 7 rings (SSSR count). The van der Waals surface area contributed by atoms with Gasteiger partial charge in [-0.15, -0.1) is 0 Å². The Labute approximate surface area is 202 Å². The molecule has 0 bridgehead atoms. The van der Waals surface area contributed by atoms with Gasteiger partial charge in [-0.1, -0.05) is 51.1 Å². The number of hydrogen-bond donors (Lipinski definition) is 2. The van der Waals surface area contributed by atoms with E-state index in [9.17, 15) is 0 Å². The molecule has 0 atom stereocenters. The second-order valence-corrected chi connectivity index (χ2v) is 9.59. The summed E-state index contributed by atoms with van der Waals surface area (Å²) in [5.74, 6) is 2.40. The zero-order chi connectivity index (χ0) is 23.7. The van der Waals surface area contributed by atoms with Crippen LogP contribution in [0.15, 0.2) is 66.9 Å². The van der Waals surface area contributed by atoms with Crippen molar-refractivity contribution in [1.82, 2.24) is 24.9 Å². The van der Waals surface area contributed by atoms with Crippen molar-refractivity contribution in [3.63, 3.8) is 0 Å². The highest BCUT2D eigenvalue weighted by molar-refractivity contribution is 6.22. The number of nitrogens with zero attached hydrogens (tertiary/aromatic N) is 3. The normalized spacial score (nSPS) is 12.2. The van der Waals surface area contributed by atoms with Crippen molar-refractivity contribution < 1.29 is 0 Å². The first-order chi connectivity index (χ1) is 17.1. The molecule has 0 fully saturated rings. The molecule has 0 amide bonds. The van der Waals surface area contributed by atoms with Crippen molar-refractivity contribution in [2.75, 3.05) is 0 Å². The topological polar surface area (TPSA) is 70.2 Å². The molecule has 0 saturated heterocycles. The van der Waals surface area contributed by atoms with Crippen LogP contribution in [0.25, 0.3) is 65.6 Å². The zero-order valence-electron chi connectivity index (χ0n) is 20.0. The molecule has 3 heterocycles. The lowest BCUT2D eigenvalue weighted by Gasteiger charge is -2.09. The Morgan fingerprint density at radius 2 is 1.57 bits per heavy atom. The number of hydrogen-bond acceptors (Lipinski definition) is 3. The average Bonchev–Trinajstić information content (AvgIpc) is 3.53. The van der Waals surface area contributed by atoms with Crippen molar-refractivity contribution in [3.05, 3.63) is 78.5 Å². The van der Waals surface area contributed by atoms with E-state index in [1.807, 2.05) is 12.3 Å². The summed E-state index contributed by atoms with van der Waals surface area (Å²) in [6.07, 6.45) is 2.74. The second kappa shape index (κ2) is 7.37. The molecule has 2 N–H and O–H groups in total. The number of fused-ring (bicyclic) bond motifs is 9. The molecule has 0 saturated carbocycles. The number of aromatic amines is 2. The maximum atomic E-state index is 4.86. The number of rotatable bonds is 3. The zero-order valence-corrected chi connectivity index (χ0v) is 20.0. The number of imidazole rings is 2. The molecule has 170 valence electrons. The second-order valence-electron chi connectivity index (χ2n) is 9.59. The van der Waals surface area contributed by atoms with Crippen molar-refractivity contribution in [3.8, 4) is 11.1 Å². The third kappa shape index (κ3) is 2.98. The van der Waals surface area contributed by atoms with Gasteiger partial charge in [0.2, 0.25) is 0 Å². The van der Waals surface area contributed by atoms with Gasteiger partial charge in [0.25, 0.3) is 0 Å². The van der Waals surface area contributed by atoms with E-state index in [2.05, 4.69) is 85.3 Å². The SMILES string of the molecule is CCc1nc2c3cccnc3c3cc(-c4ccc5c(ccc6nc(C(C)C)[nH]c65)c4)ccc3c2[nH]1. The first-order valence-electron chi connectivity index (χ1n) is 12.2. The van der Waals surface area contributed by atoms with E-state index in [0.717, 1.165) is 61.8 Å². The van der Waals surface area contributed by atoms with Crippen LogP contribution in [-0.4, -0.2) is 24.9 Å². The highest BCUT2D eigenvalue weighted by Gasteiger charge is 2.15. The molecule has 5 nitrogen and oxygen atoms in total. The van der Waals surface area contributed by atoms with Crippen LogP contribution in [0, 0.1) is 0 Å². The van der Waals surface area contributed by atoms with Crippen LogP contribution in [0.5, 0.6) is 0 Å². The quantitative estimate of drug-likeness (QED) is 0.269. The van der Waals surface area contributed by atoms with Crippen LogP contribution in [0.1, 0.15) is 38.3 Å². The summed E-state index contributed by atoms with van der Waals surface area (Å²) >= 11 is 0. The molecule has 35 heavy (non-hydrogen) atoms. The lowest BCUT2D eigenvalue weighted by Crippen LogP contribution is -1.88. The van der Waals surface area contributed by atoms with Gasteiger partial charge in [-0.25, -0.2) is 9.97 Å². The van der Waals surface area contributed by atoms with Crippen LogP contribution in [0.4, 0.5) is 0 Å². The number of nitrogens with one attached hydrogen (secondary N) is 2. The first kappa shape index (κ1) is 20.2. The van der Waals surface area contributed by atoms with E-state index in [1.54, 1.807) is 0 Å². The smallest absolute Gasteiger partial charge is 0.109 e. The summed E-state index contributed by atoms with van der Waals surface area (Å²) in [6.45, 7) is 6.45. The van der Waals surface area contributed by atoms with E-state index in [0.29, 0.717) is 5.92 Å². The van der Waals surface area contributed by atoms with E-state index < -0.39 is 0 Å². The predicted octanol–water partition coefficient (Wildman–Crippen LogP) is 7.65.